The molecule has 0 spiro atoms. The first-order valence-electron chi connectivity index (χ1n) is 12.4. The van der Waals surface area contributed by atoms with E-state index in [1.54, 1.807) is 4.90 Å². The van der Waals surface area contributed by atoms with Gasteiger partial charge in [-0.3, -0.25) is 14.5 Å². The van der Waals surface area contributed by atoms with E-state index in [9.17, 15) is 14.4 Å². The second-order valence-electron chi connectivity index (χ2n) is 9.34. The third kappa shape index (κ3) is 4.22. The maximum Gasteiger partial charge on any atom is 0.325 e. The molecule has 35 heavy (non-hydrogen) atoms. The van der Waals surface area contributed by atoms with Gasteiger partial charge >= 0.3 is 6.03 Å². The lowest BCUT2D eigenvalue weighted by Crippen LogP contribution is -2.45. The van der Waals surface area contributed by atoms with E-state index in [4.69, 9.17) is 9.47 Å². The van der Waals surface area contributed by atoms with Crippen molar-refractivity contribution in [3.8, 4) is 11.5 Å². The van der Waals surface area contributed by atoms with Crippen LogP contribution in [0.1, 0.15) is 56.2 Å². The van der Waals surface area contributed by atoms with Crippen molar-refractivity contribution in [2.24, 2.45) is 0 Å². The van der Waals surface area contributed by atoms with E-state index in [2.05, 4.69) is 5.32 Å². The van der Waals surface area contributed by atoms with Crippen LogP contribution >= 0.6 is 0 Å². The molecule has 2 aromatic carbocycles. The van der Waals surface area contributed by atoms with Gasteiger partial charge in [0, 0.05) is 6.54 Å². The van der Waals surface area contributed by atoms with Crippen molar-refractivity contribution in [3.05, 3.63) is 59.7 Å². The minimum Gasteiger partial charge on any atom is -0.486 e. The van der Waals surface area contributed by atoms with Gasteiger partial charge in [0.2, 0.25) is 5.91 Å². The fourth-order valence-corrected chi connectivity index (χ4v) is 5.35. The number of nitrogens with one attached hydrogen (secondary N) is 1. The summed E-state index contributed by atoms with van der Waals surface area (Å²) in [5.41, 5.74) is 0.588. The van der Waals surface area contributed by atoms with Crippen molar-refractivity contribution < 1.29 is 23.9 Å². The Balaban J connectivity index is 1.35. The van der Waals surface area contributed by atoms with Gasteiger partial charge in [0.1, 0.15) is 25.3 Å². The van der Waals surface area contributed by atoms with Crippen LogP contribution in [-0.2, 0) is 15.1 Å². The van der Waals surface area contributed by atoms with E-state index in [-0.39, 0.29) is 24.4 Å². The highest BCUT2D eigenvalue weighted by atomic mass is 16.6. The molecule has 2 saturated heterocycles. The largest absolute Gasteiger partial charge is 0.486 e. The summed E-state index contributed by atoms with van der Waals surface area (Å²) in [5.74, 6) is 0.807. The highest BCUT2D eigenvalue weighted by molar-refractivity contribution is 6.09. The number of carbonyl (C=O) groups is 3. The lowest BCUT2D eigenvalue weighted by molar-refractivity contribution is -0.139. The maximum atomic E-state index is 13.6. The van der Waals surface area contributed by atoms with Crippen LogP contribution in [0.15, 0.2) is 48.5 Å². The molecule has 2 fully saturated rings. The van der Waals surface area contributed by atoms with Crippen LogP contribution in [0.3, 0.4) is 0 Å². The molecule has 2 atom stereocenters. The molecule has 8 nitrogen and oxygen atoms in total. The molecule has 3 aliphatic rings. The minimum absolute atomic E-state index is 0.127. The molecule has 0 aliphatic carbocycles. The molecular weight excluding hydrogens is 446 g/mol. The second-order valence-corrected chi connectivity index (χ2v) is 9.34. The van der Waals surface area contributed by atoms with Gasteiger partial charge in [0.05, 0.1) is 6.04 Å². The molecular formula is C27H31N3O5. The second kappa shape index (κ2) is 9.60. The van der Waals surface area contributed by atoms with Gasteiger partial charge in [-0.25, -0.2) is 4.79 Å². The Kier molecular flexibility index (Phi) is 6.36. The third-order valence-electron chi connectivity index (χ3n) is 7.17. The van der Waals surface area contributed by atoms with E-state index in [0.29, 0.717) is 37.7 Å². The van der Waals surface area contributed by atoms with Crippen molar-refractivity contribution in [1.82, 2.24) is 15.1 Å². The minimum atomic E-state index is -1.13. The summed E-state index contributed by atoms with van der Waals surface area (Å²) in [5, 5.41) is 2.93. The van der Waals surface area contributed by atoms with Crippen LogP contribution in [0.5, 0.6) is 11.5 Å². The third-order valence-corrected chi connectivity index (χ3v) is 7.17. The lowest BCUT2D eigenvalue weighted by atomic mass is 9.85. The number of hydrogen-bond acceptors (Lipinski definition) is 5. The number of ether oxygens (including phenoxy) is 2. The summed E-state index contributed by atoms with van der Waals surface area (Å²) in [7, 11) is 0. The van der Waals surface area contributed by atoms with E-state index in [1.165, 1.54) is 0 Å². The van der Waals surface area contributed by atoms with Gasteiger partial charge in [-0.1, -0.05) is 56.2 Å². The Morgan fingerprint density at radius 3 is 2.63 bits per heavy atom. The number of nitrogens with zero attached hydrogens (tertiary/aromatic N) is 2. The smallest absolute Gasteiger partial charge is 0.325 e. The highest BCUT2D eigenvalue weighted by Gasteiger charge is 2.52. The number of imide groups is 1. The van der Waals surface area contributed by atoms with Crippen LogP contribution in [0.4, 0.5) is 4.79 Å². The average Bonchev–Trinajstić information content (AvgIpc) is 3.47. The van der Waals surface area contributed by atoms with Crippen molar-refractivity contribution in [1.29, 1.82) is 0 Å². The van der Waals surface area contributed by atoms with Gasteiger partial charge in [0.25, 0.3) is 5.91 Å². The van der Waals surface area contributed by atoms with Crippen LogP contribution in [0.2, 0.25) is 0 Å². The van der Waals surface area contributed by atoms with Crippen LogP contribution < -0.4 is 14.8 Å². The monoisotopic (exact) mass is 477 g/mol. The zero-order valence-corrected chi connectivity index (χ0v) is 20.0. The molecule has 8 heteroatoms. The number of urea groups is 1. The first-order valence-corrected chi connectivity index (χ1v) is 12.4. The van der Waals surface area contributed by atoms with Gasteiger partial charge < -0.3 is 19.7 Å². The summed E-state index contributed by atoms with van der Waals surface area (Å²) in [6.07, 6.45) is 3.83. The van der Waals surface area contributed by atoms with E-state index >= 15 is 0 Å². The summed E-state index contributed by atoms with van der Waals surface area (Å²) in [6, 6.07) is 14.4. The topological polar surface area (TPSA) is 88.2 Å². The summed E-state index contributed by atoms with van der Waals surface area (Å²) in [4.78, 5) is 42.9. The van der Waals surface area contributed by atoms with Gasteiger partial charge in [-0.05, 0) is 42.5 Å². The van der Waals surface area contributed by atoms with Crippen LogP contribution in [-0.4, -0.2) is 53.9 Å². The number of carbonyl (C=O) groups excluding carboxylic acids is 3. The number of amides is 4. The molecule has 184 valence electrons. The van der Waals surface area contributed by atoms with E-state index in [1.807, 2.05) is 55.5 Å². The first kappa shape index (κ1) is 23.2. The molecule has 0 saturated carbocycles. The van der Waals surface area contributed by atoms with E-state index in [0.717, 1.165) is 41.7 Å². The van der Waals surface area contributed by atoms with Crippen LogP contribution in [0, 0.1) is 0 Å². The Labute approximate surface area is 205 Å². The Morgan fingerprint density at radius 2 is 1.86 bits per heavy atom. The fraction of sp³-hybridized carbons (Fsp3) is 0.444. The van der Waals surface area contributed by atoms with Crippen molar-refractivity contribution in [2.45, 2.75) is 50.6 Å². The molecule has 2 aromatic rings. The van der Waals surface area contributed by atoms with Crippen molar-refractivity contribution >= 4 is 17.8 Å². The predicted octanol–water partition coefficient (Wildman–Crippen LogP) is 3.76. The van der Waals surface area contributed by atoms with Crippen molar-refractivity contribution in [2.75, 3.05) is 26.3 Å². The zero-order valence-electron chi connectivity index (χ0n) is 20.0. The highest BCUT2D eigenvalue weighted by Crippen LogP contribution is 2.39. The van der Waals surface area contributed by atoms with Crippen LogP contribution in [0.25, 0.3) is 0 Å². The lowest BCUT2D eigenvalue weighted by Gasteiger charge is -2.29. The Hall–Kier alpha value is -3.55. The molecule has 4 amide bonds. The quantitative estimate of drug-likeness (QED) is 0.614. The molecule has 1 N–H and O–H groups in total. The number of hydrogen-bond donors (Lipinski definition) is 1. The average molecular weight is 478 g/mol. The molecule has 0 radical (unpaired) electrons. The number of rotatable bonds is 7. The molecule has 3 aliphatic heterocycles. The first-order chi connectivity index (χ1) is 17.0. The summed E-state index contributed by atoms with van der Waals surface area (Å²) < 4.78 is 11.3. The number of unbranched alkanes of at least 4 members (excludes halogenated alkanes) is 1. The van der Waals surface area contributed by atoms with Gasteiger partial charge in [-0.2, -0.15) is 0 Å². The molecule has 3 heterocycles. The Morgan fingerprint density at radius 1 is 1.09 bits per heavy atom. The zero-order chi connectivity index (χ0) is 24.4. The Bertz CT molecular complexity index is 1120. The van der Waals surface area contributed by atoms with Crippen molar-refractivity contribution in [3.63, 3.8) is 0 Å². The summed E-state index contributed by atoms with van der Waals surface area (Å²) >= 11 is 0. The SMILES string of the molecule is CCCCC1(c2ccccc2)NC(=O)N(CC(=O)N2CCCC2c2ccc3c(c2)OCCO3)C1=O. The maximum absolute atomic E-state index is 13.6. The molecule has 0 aromatic heterocycles. The van der Waals surface area contributed by atoms with E-state index < -0.39 is 11.6 Å². The standard InChI is InChI=1S/C27H31N3O5/c1-2-3-13-27(20-8-5-4-6-9-20)25(32)30(26(33)28-27)18-24(31)29-14-7-10-21(29)19-11-12-22-23(17-19)35-16-15-34-22/h4-6,8-9,11-12,17,21H,2-3,7,10,13-16,18H2,1H3,(H,28,33). The number of benzene rings is 2. The number of fused-ring (bicyclic) bond motifs is 1. The predicted molar refractivity (Wildman–Crippen MR) is 129 cm³/mol. The number of likely N-dealkylation sites (tertiary alicyclic amines) is 1. The molecule has 5 rings (SSSR count). The normalized spacial score (nSPS) is 23.5. The van der Waals surface area contributed by atoms with Gasteiger partial charge in [0.15, 0.2) is 11.5 Å². The van der Waals surface area contributed by atoms with Gasteiger partial charge in [-0.15, -0.1) is 0 Å². The molecule has 0 bridgehead atoms. The molecule has 2 unspecified atom stereocenters. The fourth-order valence-electron chi connectivity index (χ4n) is 5.35. The summed E-state index contributed by atoms with van der Waals surface area (Å²) in [6.45, 7) is 3.38.